The summed E-state index contributed by atoms with van der Waals surface area (Å²) in [5, 5.41) is 3.95. The Kier molecular flexibility index (Phi) is 5.59. The van der Waals surface area contributed by atoms with Gasteiger partial charge in [0.05, 0.1) is 23.2 Å². The van der Waals surface area contributed by atoms with Gasteiger partial charge < -0.3 is 16.9 Å². The van der Waals surface area contributed by atoms with E-state index in [0.717, 1.165) is 47.4 Å². The number of imidazole rings is 1. The molecule has 2 amide bonds. The number of fused-ring (bicyclic) bond motifs is 1. The third-order valence-corrected chi connectivity index (χ3v) is 6.94. The molecule has 1 aliphatic carbocycles. The number of hydrogen-bond donors (Lipinski definition) is 3. The Morgan fingerprint density at radius 2 is 1.97 bits per heavy atom. The summed E-state index contributed by atoms with van der Waals surface area (Å²) >= 11 is 2.70. The first-order valence-electron chi connectivity index (χ1n) is 9.30. The Morgan fingerprint density at radius 3 is 2.72 bits per heavy atom. The summed E-state index contributed by atoms with van der Waals surface area (Å²) in [7, 11) is 0. The smallest absolute Gasteiger partial charge is 0.251 e. The normalized spacial score (nSPS) is 13.1. The van der Waals surface area contributed by atoms with Crippen LogP contribution < -0.4 is 16.9 Å². The van der Waals surface area contributed by atoms with Crippen LogP contribution in [-0.2, 0) is 17.6 Å². The molecule has 0 saturated heterocycles. The zero-order valence-corrected chi connectivity index (χ0v) is 17.3. The summed E-state index contributed by atoms with van der Waals surface area (Å²) in [6.45, 7) is 0. The Morgan fingerprint density at radius 1 is 1.21 bits per heavy atom. The number of aryl methyl sites for hydroxylation is 1. The number of carbonyl (C=O) groups is 2. The first-order chi connectivity index (χ1) is 14.0. The van der Waals surface area contributed by atoms with Crippen LogP contribution in [0.15, 0.2) is 41.7 Å². The standard InChI is InChI=1S/C20H21N5O2S2/c21-18(27)17-13-8-4-5-9-15(13)29-19(17)24-16(26)11-28-20-23-14(10-25(20)22)12-6-2-1-3-7-12/h1-3,6-7,10H,4-5,8-9,11,22H2,(H2,21,27)(H,24,26). The van der Waals surface area contributed by atoms with Crippen molar-refractivity contribution < 1.29 is 9.59 Å². The highest BCUT2D eigenvalue weighted by atomic mass is 32.2. The molecule has 0 bridgehead atoms. The van der Waals surface area contributed by atoms with Gasteiger partial charge in [-0.1, -0.05) is 42.1 Å². The lowest BCUT2D eigenvalue weighted by Crippen LogP contribution is -2.19. The van der Waals surface area contributed by atoms with Crippen LogP contribution >= 0.6 is 23.1 Å². The highest BCUT2D eigenvalue weighted by Gasteiger charge is 2.25. The number of thiophene rings is 1. The second-order valence-corrected chi connectivity index (χ2v) is 8.85. The van der Waals surface area contributed by atoms with Gasteiger partial charge >= 0.3 is 0 Å². The second-order valence-electron chi connectivity index (χ2n) is 6.80. The average Bonchev–Trinajstić information content (AvgIpc) is 3.27. The maximum absolute atomic E-state index is 12.5. The first-order valence-corrected chi connectivity index (χ1v) is 11.1. The third-order valence-electron chi connectivity index (χ3n) is 4.77. The van der Waals surface area contributed by atoms with Crippen molar-refractivity contribution in [3.05, 3.63) is 52.5 Å². The molecular weight excluding hydrogens is 406 g/mol. The number of nitrogen functional groups attached to an aromatic ring is 1. The van der Waals surface area contributed by atoms with Crippen LogP contribution in [0, 0.1) is 0 Å². The predicted octanol–water partition coefficient (Wildman–Crippen LogP) is 3.03. The quantitative estimate of drug-likeness (QED) is 0.413. The second kappa shape index (κ2) is 8.30. The number of nitrogens with one attached hydrogen (secondary N) is 1. The lowest BCUT2D eigenvalue weighted by molar-refractivity contribution is -0.113. The van der Waals surface area contributed by atoms with E-state index in [9.17, 15) is 9.59 Å². The largest absolute Gasteiger partial charge is 0.365 e. The van der Waals surface area contributed by atoms with Gasteiger partial charge in [-0.15, -0.1) is 11.3 Å². The summed E-state index contributed by atoms with van der Waals surface area (Å²) in [5.74, 6) is 5.41. The van der Waals surface area contributed by atoms with Crippen LogP contribution in [0.4, 0.5) is 5.00 Å². The van der Waals surface area contributed by atoms with Crippen LogP contribution in [0.5, 0.6) is 0 Å². The monoisotopic (exact) mass is 427 g/mol. The molecule has 2 heterocycles. The van der Waals surface area contributed by atoms with Crippen LogP contribution in [0.25, 0.3) is 11.3 Å². The molecule has 29 heavy (non-hydrogen) atoms. The molecule has 150 valence electrons. The zero-order valence-electron chi connectivity index (χ0n) is 15.7. The van der Waals surface area contributed by atoms with Crippen molar-refractivity contribution in [3.8, 4) is 11.3 Å². The number of carbonyl (C=O) groups excluding carboxylic acids is 2. The predicted molar refractivity (Wildman–Crippen MR) is 117 cm³/mol. The van der Waals surface area contributed by atoms with Crippen molar-refractivity contribution >= 4 is 39.9 Å². The molecule has 0 unspecified atom stereocenters. The molecule has 7 nitrogen and oxygen atoms in total. The van der Waals surface area contributed by atoms with Crippen LogP contribution in [0.3, 0.4) is 0 Å². The number of hydrogen-bond acceptors (Lipinski definition) is 6. The molecule has 3 aromatic rings. The molecule has 0 atom stereocenters. The summed E-state index contributed by atoms with van der Waals surface area (Å²) in [6, 6.07) is 9.71. The fourth-order valence-electron chi connectivity index (χ4n) is 3.44. The molecule has 1 aromatic carbocycles. The number of rotatable bonds is 6. The van der Waals surface area contributed by atoms with Gasteiger partial charge in [-0.2, -0.15) is 0 Å². The molecule has 4 rings (SSSR count). The van der Waals surface area contributed by atoms with Gasteiger partial charge in [-0.05, 0) is 31.2 Å². The molecule has 2 aromatic heterocycles. The van der Waals surface area contributed by atoms with Crippen LogP contribution in [0.1, 0.15) is 33.6 Å². The van der Waals surface area contributed by atoms with Gasteiger partial charge in [-0.25, -0.2) is 9.66 Å². The van der Waals surface area contributed by atoms with Crippen molar-refractivity contribution in [3.63, 3.8) is 0 Å². The van der Waals surface area contributed by atoms with Gasteiger partial charge in [0.15, 0.2) is 5.16 Å². The first kappa shape index (κ1) is 19.5. The van der Waals surface area contributed by atoms with Crippen molar-refractivity contribution in [2.45, 2.75) is 30.8 Å². The van der Waals surface area contributed by atoms with Gasteiger partial charge in [0.1, 0.15) is 5.00 Å². The maximum Gasteiger partial charge on any atom is 0.251 e. The van der Waals surface area contributed by atoms with Crippen molar-refractivity contribution in [1.29, 1.82) is 0 Å². The van der Waals surface area contributed by atoms with E-state index < -0.39 is 5.91 Å². The van der Waals surface area contributed by atoms with E-state index in [1.807, 2.05) is 30.3 Å². The molecular formula is C20H21N5O2S2. The third kappa shape index (κ3) is 4.15. The van der Waals surface area contributed by atoms with Crippen molar-refractivity contribution in [1.82, 2.24) is 9.66 Å². The SMILES string of the molecule is NC(=O)c1c(NC(=O)CSc2nc(-c3ccccc3)cn2N)sc2c1CCCC2. The molecule has 9 heteroatoms. The maximum atomic E-state index is 12.5. The van der Waals surface area contributed by atoms with Gasteiger partial charge in [0.25, 0.3) is 5.91 Å². The molecule has 1 aliphatic rings. The molecule has 0 saturated carbocycles. The minimum Gasteiger partial charge on any atom is -0.365 e. The number of primary amides is 1. The Labute approximate surface area is 176 Å². The van der Waals surface area contributed by atoms with E-state index in [-0.39, 0.29) is 11.7 Å². The summed E-state index contributed by atoms with van der Waals surface area (Å²) in [6.07, 6.45) is 5.63. The Hall–Kier alpha value is -2.78. The number of anilines is 1. The highest BCUT2D eigenvalue weighted by molar-refractivity contribution is 7.99. The molecule has 5 N–H and O–H groups in total. The van der Waals surface area contributed by atoms with E-state index in [1.54, 1.807) is 6.20 Å². The summed E-state index contributed by atoms with van der Waals surface area (Å²) < 4.78 is 1.42. The number of benzene rings is 1. The van der Waals surface area contributed by atoms with E-state index in [4.69, 9.17) is 11.6 Å². The van der Waals surface area contributed by atoms with Crippen LogP contribution in [-0.4, -0.2) is 27.2 Å². The fraction of sp³-hybridized carbons (Fsp3) is 0.250. The van der Waals surface area contributed by atoms with E-state index in [1.165, 1.54) is 27.8 Å². The van der Waals surface area contributed by atoms with Crippen molar-refractivity contribution in [2.75, 3.05) is 16.9 Å². The van der Waals surface area contributed by atoms with Gasteiger partial charge in [-0.3, -0.25) is 9.59 Å². The Bertz CT molecular complexity index is 1060. The molecule has 0 spiro atoms. The Balaban J connectivity index is 1.44. The number of amides is 2. The topological polar surface area (TPSA) is 116 Å². The average molecular weight is 428 g/mol. The highest BCUT2D eigenvalue weighted by Crippen LogP contribution is 2.38. The summed E-state index contributed by atoms with van der Waals surface area (Å²) in [5.41, 5.74) is 8.76. The zero-order chi connectivity index (χ0) is 20.4. The summed E-state index contributed by atoms with van der Waals surface area (Å²) in [4.78, 5) is 30.1. The molecule has 0 aliphatic heterocycles. The number of aromatic nitrogens is 2. The van der Waals surface area contributed by atoms with Gasteiger partial charge in [0, 0.05) is 10.4 Å². The lowest BCUT2D eigenvalue weighted by atomic mass is 9.95. The minimum atomic E-state index is -0.489. The van der Waals surface area contributed by atoms with Crippen molar-refractivity contribution in [2.24, 2.45) is 5.73 Å². The number of nitrogens with zero attached hydrogens (tertiary/aromatic N) is 2. The number of nitrogens with two attached hydrogens (primary N) is 2. The molecule has 0 fully saturated rings. The minimum absolute atomic E-state index is 0.128. The van der Waals surface area contributed by atoms with E-state index >= 15 is 0 Å². The van der Waals surface area contributed by atoms with Gasteiger partial charge in [0.2, 0.25) is 5.91 Å². The van der Waals surface area contributed by atoms with Crippen LogP contribution in [0.2, 0.25) is 0 Å². The molecule has 0 radical (unpaired) electrons. The lowest BCUT2D eigenvalue weighted by Gasteiger charge is -2.11. The van der Waals surface area contributed by atoms with E-state index in [2.05, 4.69) is 10.3 Å². The number of thioether (sulfide) groups is 1. The van der Waals surface area contributed by atoms with E-state index in [0.29, 0.717) is 15.7 Å². The fourth-order valence-corrected chi connectivity index (χ4v) is 5.45.